The fraction of sp³-hybridized carbons (Fsp3) is 0.375. The molecule has 4 nitrogen and oxygen atoms in total. The van der Waals surface area contributed by atoms with E-state index in [9.17, 15) is 9.59 Å². The number of hydrogen-bond donors (Lipinski definition) is 0. The van der Waals surface area contributed by atoms with Gasteiger partial charge in [-0.3, -0.25) is 14.5 Å². The molecule has 0 aliphatic carbocycles. The maximum absolute atomic E-state index is 12.0. The summed E-state index contributed by atoms with van der Waals surface area (Å²) in [6.45, 7) is 3.24. The zero-order chi connectivity index (χ0) is 14.4. The first-order valence-electron chi connectivity index (χ1n) is 6.74. The van der Waals surface area contributed by atoms with Crippen LogP contribution in [-0.4, -0.2) is 36.5 Å². The predicted molar refractivity (Wildman–Crippen MR) is 75.3 cm³/mol. The molecule has 0 bridgehead atoms. The third kappa shape index (κ3) is 3.06. The van der Waals surface area contributed by atoms with E-state index >= 15 is 0 Å². The number of nitrogens with zero attached hydrogens (tertiary/aromatic N) is 1. The highest BCUT2D eigenvalue weighted by atomic mass is 16.5. The molecule has 1 aliphatic rings. The molecule has 0 saturated heterocycles. The topological polar surface area (TPSA) is 46.6 Å². The van der Waals surface area contributed by atoms with Gasteiger partial charge in [0.1, 0.15) is 6.61 Å². The summed E-state index contributed by atoms with van der Waals surface area (Å²) in [6, 6.07) is 6.83. The van der Waals surface area contributed by atoms with Crippen molar-refractivity contribution in [2.24, 2.45) is 0 Å². The maximum atomic E-state index is 12.0. The average molecular weight is 271 g/mol. The zero-order valence-corrected chi connectivity index (χ0v) is 11.5. The van der Waals surface area contributed by atoms with E-state index in [0.717, 1.165) is 12.8 Å². The number of ether oxygens (including phenoxy) is 1. The minimum absolute atomic E-state index is 0.115. The Morgan fingerprint density at radius 3 is 2.35 bits per heavy atom. The summed E-state index contributed by atoms with van der Waals surface area (Å²) in [5, 5.41) is 0. The van der Waals surface area contributed by atoms with Gasteiger partial charge in [0, 0.05) is 6.61 Å². The average Bonchev–Trinajstić information content (AvgIpc) is 2.71. The van der Waals surface area contributed by atoms with E-state index in [4.69, 9.17) is 4.74 Å². The second-order valence-electron chi connectivity index (χ2n) is 4.50. The largest absolute Gasteiger partial charge is 0.369 e. The molecule has 0 saturated carbocycles. The number of hydrogen-bond acceptors (Lipinski definition) is 3. The van der Waals surface area contributed by atoms with Crippen molar-refractivity contribution in [3.8, 4) is 11.8 Å². The molecule has 4 heteroatoms. The van der Waals surface area contributed by atoms with Crippen LogP contribution in [0.1, 0.15) is 40.5 Å². The van der Waals surface area contributed by atoms with Crippen LogP contribution in [0, 0.1) is 11.8 Å². The van der Waals surface area contributed by atoms with Crippen LogP contribution in [0.25, 0.3) is 0 Å². The van der Waals surface area contributed by atoms with Gasteiger partial charge in [-0.15, -0.1) is 0 Å². The Morgan fingerprint density at radius 2 is 1.75 bits per heavy atom. The van der Waals surface area contributed by atoms with Crippen molar-refractivity contribution < 1.29 is 14.3 Å². The van der Waals surface area contributed by atoms with Gasteiger partial charge < -0.3 is 4.74 Å². The van der Waals surface area contributed by atoms with Crippen molar-refractivity contribution in [3.63, 3.8) is 0 Å². The molecule has 0 radical (unpaired) electrons. The van der Waals surface area contributed by atoms with Gasteiger partial charge in [0.25, 0.3) is 11.8 Å². The van der Waals surface area contributed by atoms with E-state index < -0.39 is 0 Å². The molecule has 20 heavy (non-hydrogen) atoms. The van der Waals surface area contributed by atoms with E-state index in [-0.39, 0.29) is 18.4 Å². The van der Waals surface area contributed by atoms with Crippen LogP contribution in [0.2, 0.25) is 0 Å². The lowest BCUT2D eigenvalue weighted by molar-refractivity contribution is 0.0674. The van der Waals surface area contributed by atoms with E-state index in [1.807, 2.05) is 0 Å². The smallest absolute Gasteiger partial charge is 0.262 e. The molecule has 0 aromatic heterocycles. The molecule has 0 atom stereocenters. The molecule has 0 fully saturated rings. The Hall–Kier alpha value is -2.12. The number of carbonyl (C=O) groups excluding carboxylic acids is 2. The fourth-order valence-corrected chi connectivity index (χ4v) is 1.94. The van der Waals surface area contributed by atoms with Gasteiger partial charge in [0.15, 0.2) is 0 Å². The highest BCUT2D eigenvalue weighted by Crippen LogP contribution is 2.21. The van der Waals surface area contributed by atoms with E-state index in [1.165, 1.54) is 4.90 Å². The summed E-state index contributed by atoms with van der Waals surface area (Å²) in [7, 11) is 0. The molecule has 2 amide bonds. The van der Waals surface area contributed by atoms with Crippen LogP contribution in [0.3, 0.4) is 0 Å². The summed E-state index contributed by atoms with van der Waals surface area (Å²) in [5.74, 6) is 5.09. The molecule has 0 N–H and O–H groups in total. The van der Waals surface area contributed by atoms with Crippen LogP contribution >= 0.6 is 0 Å². The third-order valence-electron chi connectivity index (χ3n) is 3.06. The zero-order valence-electron chi connectivity index (χ0n) is 11.5. The molecule has 1 aromatic carbocycles. The Balaban J connectivity index is 1.88. The standard InChI is InChI=1S/C16H17NO3/c1-2-3-11-20-12-7-6-10-17-15(18)13-8-4-5-9-14(13)16(17)19/h4-5,8-9H,2-3,10-12H2,1H3. The minimum atomic E-state index is -0.271. The summed E-state index contributed by atoms with van der Waals surface area (Å²) in [5.41, 5.74) is 0.914. The van der Waals surface area contributed by atoms with Crippen LogP contribution in [0.4, 0.5) is 0 Å². The molecule has 2 rings (SSSR count). The van der Waals surface area contributed by atoms with Crippen LogP contribution in [-0.2, 0) is 4.74 Å². The Labute approximate surface area is 118 Å². The Bertz CT molecular complexity index is 534. The first-order chi connectivity index (χ1) is 9.75. The molecule has 1 aromatic rings. The lowest BCUT2D eigenvalue weighted by atomic mass is 10.1. The molecule has 0 spiro atoms. The van der Waals surface area contributed by atoms with Crippen molar-refractivity contribution in [1.82, 2.24) is 4.90 Å². The van der Waals surface area contributed by atoms with Gasteiger partial charge in [0.05, 0.1) is 17.7 Å². The number of carbonyl (C=O) groups is 2. The van der Waals surface area contributed by atoms with Crippen LogP contribution in [0.5, 0.6) is 0 Å². The molecular weight excluding hydrogens is 254 g/mol. The van der Waals surface area contributed by atoms with Gasteiger partial charge in [0.2, 0.25) is 0 Å². The summed E-state index contributed by atoms with van der Waals surface area (Å²) < 4.78 is 5.29. The molecular formula is C16H17NO3. The first-order valence-corrected chi connectivity index (χ1v) is 6.74. The number of imide groups is 1. The summed E-state index contributed by atoms with van der Waals surface area (Å²) in [6.07, 6.45) is 2.10. The number of rotatable bonds is 5. The molecule has 1 aliphatic heterocycles. The highest BCUT2D eigenvalue weighted by Gasteiger charge is 2.34. The monoisotopic (exact) mass is 271 g/mol. The van der Waals surface area contributed by atoms with Crippen LogP contribution in [0.15, 0.2) is 24.3 Å². The van der Waals surface area contributed by atoms with E-state index in [1.54, 1.807) is 24.3 Å². The first kappa shape index (κ1) is 14.3. The second kappa shape index (κ2) is 6.88. The molecule has 104 valence electrons. The van der Waals surface area contributed by atoms with Crippen molar-refractivity contribution >= 4 is 11.8 Å². The van der Waals surface area contributed by atoms with Crippen LogP contribution < -0.4 is 0 Å². The van der Waals surface area contributed by atoms with Crippen molar-refractivity contribution in [1.29, 1.82) is 0 Å². The number of benzene rings is 1. The van der Waals surface area contributed by atoms with E-state index in [0.29, 0.717) is 24.3 Å². The third-order valence-corrected chi connectivity index (χ3v) is 3.06. The minimum Gasteiger partial charge on any atom is -0.369 e. The fourth-order valence-electron chi connectivity index (χ4n) is 1.94. The Morgan fingerprint density at radius 1 is 1.10 bits per heavy atom. The highest BCUT2D eigenvalue weighted by molar-refractivity contribution is 6.21. The predicted octanol–water partition coefficient (Wildman–Crippen LogP) is 2.10. The quantitative estimate of drug-likeness (QED) is 0.468. The number of amides is 2. The van der Waals surface area contributed by atoms with Crippen molar-refractivity contribution in [3.05, 3.63) is 35.4 Å². The SMILES string of the molecule is CCCCOCC#CCN1C(=O)c2ccccc2C1=O. The normalized spacial score (nSPS) is 13.2. The van der Waals surface area contributed by atoms with Gasteiger partial charge in [-0.25, -0.2) is 0 Å². The molecule has 0 unspecified atom stereocenters. The van der Waals surface area contributed by atoms with E-state index in [2.05, 4.69) is 18.8 Å². The molecule has 1 heterocycles. The Kier molecular flexibility index (Phi) is 4.91. The number of fused-ring (bicyclic) bond motifs is 1. The van der Waals surface area contributed by atoms with Gasteiger partial charge in [-0.05, 0) is 18.6 Å². The van der Waals surface area contributed by atoms with Crippen molar-refractivity contribution in [2.75, 3.05) is 19.8 Å². The van der Waals surface area contributed by atoms with Gasteiger partial charge >= 0.3 is 0 Å². The summed E-state index contributed by atoms with van der Waals surface area (Å²) >= 11 is 0. The van der Waals surface area contributed by atoms with Gasteiger partial charge in [-0.1, -0.05) is 37.3 Å². The lowest BCUT2D eigenvalue weighted by Gasteiger charge is -2.08. The van der Waals surface area contributed by atoms with Crippen molar-refractivity contribution in [2.45, 2.75) is 19.8 Å². The number of unbranched alkanes of at least 4 members (excludes halogenated alkanes) is 1. The summed E-state index contributed by atoms with van der Waals surface area (Å²) in [4.78, 5) is 25.2. The van der Waals surface area contributed by atoms with Gasteiger partial charge in [-0.2, -0.15) is 0 Å². The second-order valence-corrected chi connectivity index (χ2v) is 4.50. The maximum Gasteiger partial charge on any atom is 0.262 e. The lowest BCUT2D eigenvalue weighted by Crippen LogP contribution is -2.30.